The molecule has 24 heavy (non-hydrogen) atoms. The molecule has 1 N–H and O–H groups in total. The molecule has 3 aromatic rings. The largest absolute Gasteiger partial charge is 0.366 e. The maximum atomic E-state index is 4.77. The van der Waals surface area contributed by atoms with Gasteiger partial charge < -0.3 is 5.32 Å². The summed E-state index contributed by atoms with van der Waals surface area (Å²) in [7, 11) is 0. The van der Waals surface area contributed by atoms with E-state index in [4.69, 9.17) is 4.98 Å². The highest BCUT2D eigenvalue weighted by atomic mass is 15.1. The predicted molar refractivity (Wildman–Crippen MR) is 96.1 cm³/mol. The van der Waals surface area contributed by atoms with E-state index in [1.54, 1.807) is 0 Å². The van der Waals surface area contributed by atoms with Gasteiger partial charge in [0.05, 0.1) is 24.3 Å². The van der Waals surface area contributed by atoms with E-state index in [2.05, 4.69) is 44.9 Å². The van der Waals surface area contributed by atoms with Crippen LogP contribution in [0.4, 0.5) is 5.82 Å². The van der Waals surface area contributed by atoms with Crippen molar-refractivity contribution in [3.63, 3.8) is 0 Å². The number of imidazole rings is 1. The summed E-state index contributed by atoms with van der Waals surface area (Å²) in [5.74, 6) is 0.861. The molecule has 0 atom stereocenters. The SMILES string of the molecule is CCc1ccn2c(-c3cncc(NC4CCCCC4)n3)cnc2c1. The van der Waals surface area contributed by atoms with Gasteiger partial charge in [0.2, 0.25) is 0 Å². The average Bonchev–Trinajstić information content (AvgIpc) is 3.06. The molecule has 4 rings (SSSR count). The standard InChI is InChI=1S/C19H23N5/c1-2-14-8-9-24-17(12-21-19(24)10-14)16-11-20-13-18(23-16)22-15-6-4-3-5-7-15/h8-13,15H,2-7H2,1H3,(H,22,23). The van der Waals surface area contributed by atoms with Crippen molar-refractivity contribution >= 4 is 11.5 Å². The Balaban J connectivity index is 1.63. The summed E-state index contributed by atoms with van der Waals surface area (Å²) in [5, 5.41) is 3.55. The fourth-order valence-corrected chi connectivity index (χ4v) is 3.45. The molecule has 1 fully saturated rings. The Morgan fingerprint density at radius 1 is 1.17 bits per heavy atom. The highest BCUT2D eigenvalue weighted by Gasteiger charge is 2.14. The highest BCUT2D eigenvalue weighted by Crippen LogP contribution is 2.23. The molecule has 124 valence electrons. The van der Waals surface area contributed by atoms with Crippen LogP contribution in [-0.4, -0.2) is 25.4 Å². The van der Waals surface area contributed by atoms with E-state index in [9.17, 15) is 0 Å². The molecule has 1 aliphatic rings. The van der Waals surface area contributed by atoms with Gasteiger partial charge in [-0.05, 0) is 37.0 Å². The quantitative estimate of drug-likeness (QED) is 0.786. The number of fused-ring (bicyclic) bond motifs is 1. The molecule has 0 spiro atoms. The maximum Gasteiger partial charge on any atom is 0.145 e. The molecule has 0 saturated heterocycles. The molecule has 0 bridgehead atoms. The fourth-order valence-electron chi connectivity index (χ4n) is 3.45. The molecular weight excluding hydrogens is 298 g/mol. The Bertz CT molecular complexity index is 833. The molecule has 1 aliphatic carbocycles. The minimum Gasteiger partial charge on any atom is -0.366 e. The van der Waals surface area contributed by atoms with Gasteiger partial charge >= 0.3 is 0 Å². The van der Waals surface area contributed by atoms with Crippen LogP contribution in [0.2, 0.25) is 0 Å². The minimum absolute atomic E-state index is 0.526. The molecule has 0 radical (unpaired) electrons. The average molecular weight is 321 g/mol. The monoisotopic (exact) mass is 321 g/mol. The molecule has 5 nitrogen and oxygen atoms in total. The van der Waals surface area contributed by atoms with Gasteiger partial charge in [0.15, 0.2) is 0 Å². The number of anilines is 1. The Kier molecular flexibility index (Phi) is 4.15. The van der Waals surface area contributed by atoms with Crippen LogP contribution in [0.3, 0.4) is 0 Å². The molecule has 0 unspecified atom stereocenters. The van der Waals surface area contributed by atoms with Crippen molar-refractivity contribution in [2.24, 2.45) is 0 Å². The topological polar surface area (TPSA) is 55.1 Å². The zero-order valence-corrected chi connectivity index (χ0v) is 14.1. The van der Waals surface area contributed by atoms with Crippen molar-refractivity contribution < 1.29 is 0 Å². The van der Waals surface area contributed by atoms with Crippen molar-refractivity contribution in [2.45, 2.75) is 51.5 Å². The van der Waals surface area contributed by atoms with Crippen molar-refractivity contribution in [1.29, 1.82) is 0 Å². The number of aryl methyl sites for hydroxylation is 1. The first kappa shape index (κ1) is 15.1. The second-order valence-corrected chi connectivity index (χ2v) is 6.53. The smallest absolute Gasteiger partial charge is 0.145 e. The van der Waals surface area contributed by atoms with Crippen molar-refractivity contribution in [3.05, 3.63) is 42.5 Å². The number of aromatic nitrogens is 4. The number of hydrogen-bond acceptors (Lipinski definition) is 4. The first-order valence-corrected chi connectivity index (χ1v) is 8.88. The van der Waals surface area contributed by atoms with E-state index < -0.39 is 0 Å². The van der Waals surface area contributed by atoms with E-state index in [-0.39, 0.29) is 0 Å². The van der Waals surface area contributed by atoms with E-state index in [1.807, 2.05) is 18.6 Å². The summed E-state index contributed by atoms with van der Waals surface area (Å²) in [6.45, 7) is 2.15. The van der Waals surface area contributed by atoms with Crippen LogP contribution in [0.25, 0.3) is 17.0 Å². The lowest BCUT2D eigenvalue weighted by atomic mass is 9.95. The van der Waals surface area contributed by atoms with Gasteiger partial charge in [0.25, 0.3) is 0 Å². The lowest BCUT2D eigenvalue weighted by Crippen LogP contribution is -2.22. The second-order valence-electron chi connectivity index (χ2n) is 6.53. The highest BCUT2D eigenvalue weighted by molar-refractivity contribution is 5.61. The summed E-state index contributed by atoms with van der Waals surface area (Å²) in [4.78, 5) is 13.7. The lowest BCUT2D eigenvalue weighted by molar-refractivity contribution is 0.462. The number of hydrogen-bond donors (Lipinski definition) is 1. The van der Waals surface area contributed by atoms with Crippen LogP contribution < -0.4 is 5.32 Å². The Morgan fingerprint density at radius 3 is 2.88 bits per heavy atom. The van der Waals surface area contributed by atoms with Crippen LogP contribution in [0.1, 0.15) is 44.6 Å². The van der Waals surface area contributed by atoms with E-state index >= 15 is 0 Å². The zero-order valence-electron chi connectivity index (χ0n) is 14.1. The first-order valence-electron chi connectivity index (χ1n) is 8.88. The van der Waals surface area contributed by atoms with Crippen molar-refractivity contribution in [2.75, 3.05) is 5.32 Å². The summed E-state index contributed by atoms with van der Waals surface area (Å²) in [6, 6.07) is 4.79. The third-order valence-corrected chi connectivity index (χ3v) is 4.84. The van der Waals surface area contributed by atoms with Gasteiger partial charge in [-0.2, -0.15) is 0 Å². The third kappa shape index (κ3) is 2.98. The Hall–Kier alpha value is -2.43. The summed E-state index contributed by atoms with van der Waals surface area (Å²) >= 11 is 0. The van der Waals surface area contributed by atoms with Gasteiger partial charge in [-0.15, -0.1) is 0 Å². The normalized spacial score (nSPS) is 15.7. The van der Waals surface area contributed by atoms with Crippen LogP contribution >= 0.6 is 0 Å². The molecular formula is C19H23N5. The second kappa shape index (κ2) is 6.59. The molecule has 0 aliphatic heterocycles. The predicted octanol–water partition coefficient (Wildman–Crippen LogP) is 4.10. The van der Waals surface area contributed by atoms with Crippen molar-refractivity contribution in [1.82, 2.24) is 19.4 Å². The summed E-state index contributed by atoms with van der Waals surface area (Å²) < 4.78 is 2.08. The van der Waals surface area contributed by atoms with Gasteiger partial charge in [0.1, 0.15) is 17.2 Å². The summed E-state index contributed by atoms with van der Waals surface area (Å²) in [6.07, 6.45) is 15.0. The lowest BCUT2D eigenvalue weighted by Gasteiger charge is -2.23. The van der Waals surface area contributed by atoms with E-state index in [0.29, 0.717) is 6.04 Å². The molecule has 3 aromatic heterocycles. The summed E-state index contributed by atoms with van der Waals surface area (Å²) in [5.41, 5.74) is 4.08. The van der Waals surface area contributed by atoms with E-state index in [1.165, 1.54) is 37.7 Å². The first-order chi connectivity index (χ1) is 11.8. The Morgan fingerprint density at radius 2 is 2.04 bits per heavy atom. The maximum absolute atomic E-state index is 4.77. The number of rotatable bonds is 4. The molecule has 0 amide bonds. The van der Waals surface area contributed by atoms with Gasteiger partial charge in [0, 0.05) is 12.2 Å². The van der Waals surface area contributed by atoms with Gasteiger partial charge in [-0.1, -0.05) is 26.2 Å². The zero-order chi connectivity index (χ0) is 16.4. The molecule has 3 heterocycles. The Labute approximate surface area is 142 Å². The van der Waals surface area contributed by atoms with Crippen LogP contribution in [0.5, 0.6) is 0 Å². The molecule has 5 heteroatoms. The van der Waals surface area contributed by atoms with E-state index in [0.717, 1.165) is 29.3 Å². The number of nitrogens with one attached hydrogen (secondary N) is 1. The van der Waals surface area contributed by atoms with Gasteiger partial charge in [-0.3, -0.25) is 9.38 Å². The molecule has 0 aromatic carbocycles. The molecule has 1 saturated carbocycles. The number of pyridine rings is 1. The minimum atomic E-state index is 0.526. The fraction of sp³-hybridized carbons (Fsp3) is 0.421. The van der Waals surface area contributed by atoms with Crippen LogP contribution in [0, 0.1) is 0 Å². The number of nitrogens with zero attached hydrogens (tertiary/aromatic N) is 4. The van der Waals surface area contributed by atoms with Crippen LogP contribution in [-0.2, 0) is 6.42 Å². The van der Waals surface area contributed by atoms with Crippen LogP contribution in [0.15, 0.2) is 36.9 Å². The third-order valence-electron chi connectivity index (χ3n) is 4.84. The van der Waals surface area contributed by atoms with Crippen molar-refractivity contribution in [3.8, 4) is 11.4 Å². The van der Waals surface area contributed by atoms with Gasteiger partial charge in [-0.25, -0.2) is 9.97 Å².